The van der Waals surface area contributed by atoms with Gasteiger partial charge in [-0.3, -0.25) is 0 Å². The van der Waals surface area contributed by atoms with Gasteiger partial charge >= 0.3 is 6.18 Å². The van der Waals surface area contributed by atoms with Crippen LogP contribution in [0.4, 0.5) is 18.9 Å². The van der Waals surface area contributed by atoms with Gasteiger partial charge in [0.25, 0.3) is 0 Å². The Balaban J connectivity index is 1.52. The van der Waals surface area contributed by atoms with Crippen LogP contribution in [0.5, 0.6) is 17.2 Å². The second kappa shape index (κ2) is 10.1. The summed E-state index contributed by atoms with van der Waals surface area (Å²) in [6.07, 6.45) is -4.08. The second-order valence-electron chi connectivity index (χ2n) is 8.78. The summed E-state index contributed by atoms with van der Waals surface area (Å²) in [6.45, 7) is 1.11. The molecule has 0 unspecified atom stereocenters. The summed E-state index contributed by atoms with van der Waals surface area (Å²) in [6, 6.07) is 14.2. The zero-order valence-corrected chi connectivity index (χ0v) is 21.8. The molecule has 2 aliphatic heterocycles. The molecule has 7 nitrogen and oxygen atoms in total. The van der Waals surface area contributed by atoms with Crippen LogP contribution in [0.3, 0.4) is 0 Å². The molecule has 12 heteroatoms. The Hall–Kier alpha value is -3.28. The second-order valence-corrected chi connectivity index (χ2v) is 11.2. The molecule has 0 N–H and O–H groups in total. The lowest BCUT2D eigenvalue weighted by atomic mass is 10.1. The molecule has 200 valence electrons. The molecule has 0 radical (unpaired) electrons. The fourth-order valence-corrected chi connectivity index (χ4v) is 6.00. The fourth-order valence-electron chi connectivity index (χ4n) is 4.40. The van der Waals surface area contributed by atoms with Gasteiger partial charge in [-0.1, -0.05) is 11.6 Å². The van der Waals surface area contributed by atoms with Crippen LogP contribution in [0.2, 0.25) is 5.02 Å². The van der Waals surface area contributed by atoms with Crippen molar-refractivity contribution in [3.05, 3.63) is 76.8 Å². The van der Waals surface area contributed by atoms with Crippen molar-refractivity contribution in [3.63, 3.8) is 0 Å². The van der Waals surface area contributed by atoms with Crippen LogP contribution in [0.1, 0.15) is 17.5 Å². The average molecular weight is 566 g/mol. The lowest BCUT2D eigenvalue weighted by Crippen LogP contribution is -2.37. The molecule has 0 spiro atoms. The predicted octanol–water partition coefficient (Wildman–Crippen LogP) is 5.95. The van der Waals surface area contributed by atoms with Crippen LogP contribution in [-0.4, -0.2) is 56.7 Å². The number of halogens is 4. The molecular formula is C26H23ClF3N3O4S. The first-order chi connectivity index (χ1) is 18.1. The number of aliphatic imine (C=N–C) groups is 1. The number of fused-ring (bicyclic) bond motifs is 2. The number of nitrogens with zero attached hydrogens (tertiary/aromatic N) is 3. The van der Waals surface area contributed by atoms with Crippen LogP contribution < -0.4 is 9.47 Å². The Morgan fingerprint density at radius 3 is 2.39 bits per heavy atom. The van der Waals surface area contributed by atoms with Crippen molar-refractivity contribution >= 4 is 33.1 Å². The van der Waals surface area contributed by atoms with Gasteiger partial charge in [0.05, 0.1) is 23.1 Å². The Labute approximate surface area is 223 Å². The van der Waals surface area contributed by atoms with Crippen molar-refractivity contribution in [1.29, 1.82) is 0 Å². The van der Waals surface area contributed by atoms with E-state index in [1.807, 2.05) is 4.90 Å². The normalized spacial score (nSPS) is 16.4. The summed E-state index contributed by atoms with van der Waals surface area (Å²) >= 11 is 5.92. The first-order valence-corrected chi connectivity index (χ1v) is 13.5. The van der Waals surface area contributed by atoms with Gasteiger partial charge in [0.1, 0.15) is 23.0 Å². The molecule has 0 saturated carbocycles. The number of hydrogen-bond donors (Lipinski definition) is 0. The summed E-state index contributed by atoms with van der Waals surface area (Å²) < 4.78 is 79.6. The van der Waals surface area contributed by atoms with Crippen LogP contribution >= 0.6 is 11.6 Å². The highest BCUT2D eigenvalue weighted by atomic mass is 35.5. The van der Waals surface area contributed by atoms with E-state index in [-0.39, 0.29) is 36.0 Å². The molecule has 1 fully saturated rings. The molecule has 0 bridgehead atoms. The summed E-state index contributed by atoms with van der Waals surface area (Å²) in [5.74, 6) is 1.48. The summed E-state index contributed by atoms with van der Waals surface area (Å²) in [4.78, 5) is 6.64. The average Bonchev–Trinajstić information content (AvgIpc) is 3.23. The number of alkyl halides is 3. The SMILES string of the molecule is COc1ccc2c(c1)C(N1CCCN(S(=O)(=O)c3ccc(Cl)cc3)CC1)=Nc1cc(C(F)(F)F)ccc1O2. The molecule has 0 amide bonds. The molecular weight excluding hydrogens is 543 g/mol. The maximum Gasteiger partial charge on any atom is 0.416 e. The summed E-state index contributed by atoms with van der Waals surface area (Å²) in [7, 11) is -2.26. The van der Waals surface area contributed by atoms with E-state index in [1.165, 1.54) is 41.7 Å². The summed E-state index contributed by atoms with van der Waals surface area (Å²) in [5.41, 5.74) is -0.286. The Morgan fingerprint density at radius 1 is 0.947 bits per heavy atom. The van der Waals surface area contributed by atoms with Gasteiger partial charge in [-0.15, -0.1) is 0 Å². The van der Waals surface area contributed by atoms with Gasteiger partial charge in [-0.2, -0.15) is 17.5 Å². The van der Waals surface area contributed by atoms with Crippen LogP contribution in [0, 0.1) is 0 Å². The van der Waals surface area contributed by atoms with Gasteiger partial charge in [0, 0.05) is 31.2 Å². The molecule has 2 aliphatic rings. The maximum atomic E-state index is 13.5. The third kappa shape index (κ3) is 5.18. The first-order valence-electron chi connectivity index (χ1n) is 11.7. The van der Waals surface area contributed by atoms with E-state index in [1.54, 1.807) is 18.2 Å². The lowest BCUT2D eigenvalue weighted by Gasteiger charge is -2.25. The molecule has 3 aromatic carbocycles. The van der Waals surface area contributed by atoms with Gasteiger partial charge in [-0.05, 0) is 67.1 Å². The molecule has 0 atom stereocenters. The minimum Gasteiger partial charge on any atom is -0.497 e. The van der Waals surface area contributed by atoms with Gasteiger partial charge < -0.3 is 14.4 Å². The molecule has 0 aromatic heterocycles. The number of methoxy groups -OCH3 is 1. The van der Waals surface area contributed by atoms with Crippen molar-refractivity contribution in [2.75, 3.05) is 33.3 Å². The fraction of sp³-hybridized carbons (Fsp3) is 0.269. The molecule has 0 aliphatic carbocycles. The van der Waals surface area contributed by atoms with Gasteiger partial charge in [-0.25, -0.2) is 13.4 Å². The van der Waals surface area contributed by atoms with E-state index in [4.69, 9.17) is 21.1 Å². The van der Waals surface area contributed by atoms with Crippen molar-refractivity contribution < 1.29 is 31.1 Å². The first kappa shape index (κ1) is 26.3. The van der Waals surface area contributed by atoms with Gasteiger partial charge in [0.15, 0.2) is 5.75 Å². The highest BCUT2D eigenvalue weighted by molar-refractivity contribution is 7.89. The molecule has 2 heterocycles. The monoisotopic (exact) mass is 565 g/mol. The predicted molar refractivity (Wildman–Crippen MR) is 137 cm³/mol. The van der Waals surface area contributed by atoms with Crippen LogP contribution in [0.25, 0.3) is 0 Å². The third-order valence-electron chi connectivity index (χ3n) is 6.37. The molecule has 3 aromatic rings. The van der Waals surface area contributed by atoms with Crippen molar-refractivity contribution in [3.8, 4) is 17.2 Å². The van der Waals surface area contributed by atoms with E-state index in [0.717, 1.165) is 12.1 Å². The number of rotatable bonds is 3. The van der Waals surface area contributed by atoms with E-state index >= 15 is 0 Å². The molecule has 38 heavy (non-hydrogen) atoms. The number of ether oxygens (including phenoxy) is 2. The molecule has 1 saturated heterocycles. The van der Waals surface area contributed by atoms with Gasteiger partial charge in [0.2, 0.25) is 10.0 Å². The highest BCUT2D eigenvalue weighted by Gasteiger charge is 2.33. The number of benzene rings is 3. The lowest BCUT2D eigenvalue weighted by molar-refractivity contribution is -0.137. The van der Waals surface area contributed by atoms with Crippen LogP contribution in [0.15, 0.2) is 70.6 Å². The van der Waals surface area contributed by atoms with E-state index in [2.05, 4.69) is 4.99 Å². The topological polar surface area (TPSA) is 71.4 Å². The minimum absolute atomic E-state index is 0.0277. The van der Waals surface area contributed by atoms with E-state index < -0.39 is 21.8 Å². The smallest absolute Gasteiger partial charge is 0.416 e. The maximum absolute atomic E-state index is 13.5. The van der Waals surface area contributed by atoms with E-state index in [9.17, 15) is 21.6 Å². The van der Waals surface area contributed by atoms with Crippen LogP contribution in [-0.2, 0) is 16.2 Å². The van der Waals surface area contributed by atoms with Crippen molar-refractivity contribution in [2.24, 2.45) is 4.99 Å². The van der Waals surface area contributed by atoms with E-state index in [0.29, 0.717) is 40.9 Å². The number of amidine groups is 1. The minimum atomic E-state index is -4.55. The number of sulfonamides is 1. The highest BCUT2D eigenvalue weighted by Crippen LogP contribution is 2.42. The quantitative estimate of drug-likeness (QED) is 0.393. The third-order valence-corrected chi connectivity index (χ3v) is 8.53. The Kier molecular flexibility index (Phi) is 7.01. The standard InChI is InChI=1S/C26H23ClF3N3O4S/c1-36-19-6-10-23-21(16-19)25(31-22-15-17(26(28,29)30)3-9-24(22)37-23)32-11-2-12-33(14-13-32)38(34,35)20-7-4-18(27)5-8-20/h3-10,15-16H,2,11-14H2,1H3. The molecule has 5 rings (SSSR count). The zero-order chi connectivity index (χ0) is 27.1. The summed E-state index contributed by atoms with van der Waals surface area (Å²) in [5, 5.41) is 0.433. The Bertz CT molecular complexity index is 1490. The van der Waals surface area contributed by atoms with Crippen molar-refractivity contribution in [2.45, 2.75) is 17.5 Å². The van der Waals surface area contributed by atoms with Crippen molar-refractivity contribution in [1.82, 2.24) is 9.21 Å². The number of hydrogen-bond acceptors (Lipinski definition) is 6. The zero-order valence-electron chi connectivity index (χ0n) is 20.2. The Morgan fingerprint density at radius 2 is 1.68 bits per heavy atom. The largest absolute Gasteiger partial charge is 0.497 e.